The van der Waals surface area contributed by atoms with Crippen LogP contribution in [0, 0.1) is 0 Å². The monoisotopic (exact) mass is 329 g/mol. The number of carbonyl (C=O) groups is 2. The van der Waals surface area contributed by atoms with Crippen molar-refractivity contribution in [1.82, 2.24) is 5.32 Å². The van der Waals surface area contributed by atoms with E-state index in [1.807, 2.05) is 36.4 Å². The summed E-state index contributed by atoms with van der Waals surface area (Å²) in [4.78, 5) is 26.1. The third kappa shape index (κ3) is 3.79. The summed E-state index contributed by atoms with van der Waals surface area (Å²) < 4.78 is 5.28. The Morgan fingerprint density at radius 2 is 2.04 bits per heavy atom. The molecule has 1 amide bonds. The molecule has 1 N–H and O–H groups in total. The van der Waals surface area contributed by atoms with Crippen molar-refractivity contribution in [3.8, 4) is 0 Å². The molecule has 0 fully saturated rings. The molecule has 0 spiro atoms. The number of hydrogen-bond acceptors (Lipinski definition) is 4. The largest absolute Gasteiger partial charge is 0.448 e. The molecule has 1 aliphatic carbocycles. The van der Waals surface area contributed by atoms with Crippen LogP contribution in [0.3, 0.4) is 0 Å². The first kappa shape index (κ1) is 15.7. The third-order valence-electron chi connectivity index (χ3n) is 3.91. The summed E-state index contributed by atoms with van der Waals surface area (Å²) in [7, 11) is 0. The van der Waals surface area contributed by atoms with E-state index in [4.69, 9.17) is 4.74 Å². The minimum Gasteiger partial charge on any atom is -0.448 e. The lowest BCUT2D eigenvalue weighted by molar-refractivity contribution is -0.129. The predicted octanol–water partition coefficient (Wildman–Crippen LogP) is 3.10. The normalized spacial score (nSPS) is 14.1. The molecule has 1 heterocycles. The highest BCUT2D eigenvalue weighted by Gasteiger charge is 2.23. The first-order valence-electron chi connectivity index (χ1n) is 7.77. The Kier molecular flexibility index (Phi) is 4.76. The standard InChI is InChI=1S/C18H19NO3S/c1-12(17(20)19-11-13-6-3-2-4-7-13)22-18(21)16-10-14-8-5-9-15(14)23-16/h2-4,6-7,10,12H,5,8-9,11H2,1H3,(H,19,20)/t12-/m1/s1. The van der Waals surface area contributed by atoms with Crippen LogP contribution in [0.15, 0.2) is 36.4 Å². The molecule has 1 atom stereocenters. The zero-order chi connectivity index (χ0) is 16.2. The lowest BCUT2D eigenvalue weighted by atomic mass is 10.2. The molecule has 3 rings (SSSR count). The van der Waals surface area contributed by atoms with Gasteiger partial charge in [0.25, 0.3) is 5.91 Å². The summed E-state index contributed by atoms with van der Waals surface area (Å²) in [6.07, 6.45) is 2.43. The van der Waals surface area contributed by atoms with Crippen LogP contribution >= 0.6 is 11.3 Å². The fraction of sp³-hybridized carbons (Fsp3) is 0.333. The summed E-state index contributed by atoms with van der Waals surface area (Å²) in [6.45, 7) is 2.02. The molecule has 1 aliphatic rings. The van der Waals surface area contributed by atoms with Gasteiger partial charge in [0.2, 0.25) is 0 Å². The van der Waals surface area contributed by atoms with E-state index in [9.17, 15) is 9.59 Å². The Hall–Kier alpha value is -2.14. The number of nitrogens with one attached hydrogen (secondary N) is 1. The number of aryl methyl sites for hydroxylation is 2. The Bertz CT molecular complexity index is 687. The molecule has 5 heteroatoms. The molecule has 0 aliphatic heterocycles. The fourth-order valence-electron chi connectivity index (χ4n) is 2.63. The maximum Gasteiger partial charge on any atom is 0.349 e. The zero-order valence-corrected chi connectivity index (χ0v) is 13.8. The molecule has 0 radical (unpaired) electrons. The minimum absolute atomic E-state index is 0.286. The number of thiophene rings is 1. The molecule has 0 unspecified atom stereocenters. The van der Waals surface area contributed by atoms with E-state index in [0.29, 0.717) is 11.4 Å². The topological polar surface area (TPSA) is 55.4 Å². The summed E-state index contributed by atoms with van der Waals surface area (Å²) >= 11 is 1.49. The quantitative estimate of drug-likeness (QED) is 0.858. The van der Waals surface area contributed by atoms with Gasteiger partial charge in [-0.1, -0.05) is 30.3 Å². The van der Waals surface area contributed by atoms with Gasteiger partial charge in [-0.05, 0) is 43.4 Å². The fourth-order valence-corrected chi connectivity index (χ4v) is 3.77. The smallest absolute Gasteiger partial charge is 0.349 e. The van der Waals surface area contributed by atoms with Crippen molar-refractivity contribution in [2.75, 3.05) is 0 Å². The van der Waals surface area contributed by atoms with Gasteiger partial charge >= 0.3 is 5.97 Å². The summed E-state index contributed by atoms with van der Waals surface area (Å²) in [5, 5.41) is 2.78. The van der Waals surface area contributed by atoms with Crippen molar-refractivity contribution in [1.29, 1.82) is 0 Å². The van der Waals surface area contributed by atoms with Gasteiger partial charge in [0.05, 0.1) is 0 Å². The van der Waals surface area contributed by atoms with E-state index in [1.165, 1.54) is 21.8 Å². The van der Waals surface area contributed by atoms with Crippen molar-refractivity contribution in [2.45, 2.75) is 38.8 Å². The van der Waals surface area contributed by atoms with Crippen LogP contribution in [0.4, 0.5) is 0 Å². The molecule has 0 saturated heterocycles. The van der Waals surface area contributed by atoms with E-state index < -0.39 is 12.1 Å². The lowest BCUT2D eigenvalue weighted by Crippen LogP contribution is -2.35. The second kappa shape index (κ2) is 6.96. The molecule has 23 heavy (non-hydrogen) atoms. The van der Waals surface area contributed by atoms with E-state index in [2.05, 4.69) is 5.32 Å². The number of hydrogen-bond donors (Lipinski definition) is 1. The molecule has 2 aromatic rings. The molecule has 0 bridgehead atoms. The van der Waals surface area contributed by atoms with E-state index >= 15 is 0 Å². The summed E-state index contributed by atoms with van der Waals surface area (Å²) in [5.41, 5.74) is 2.26. The van der Waals surface area contributed by atoms with Gasteiger partial charge in [0.15, 0.2) is 6.10 Å². The number of fused-ring (bicyclic) bond motifs is 1. The second-order valence-corrected chi connectivity index (χ2v) is 6.80. The first-order chi connectivity index (χ1) is 11.1. The maximum atomic E-state index is 12.1. The lowest BCUT2D eigenvalue weighted by Gasteiger charge is -2.13. The van der Waals surface area contributed by atoms with Crippen molar-refractivity contribution >= 4 is 23.2 Å². The third-order valence-corrected chi connectivity index (χ3v) is 5.13. The highest BCUT2D eigenvalue weighted by Crippen LogP contribution is 2.31. The first-order valence-corrected chi connectivity index (χ1v) is 8.59. The van der Waals surface area contributed by atoms with Crippen LogP contribution in [0.25, 0.3) is 0 Å². The number of ether oxygens (including phenoxy) is 1. The molecule has 1 aromatic carbocycles. The Morgan fingerprint density at radius 1 is 1.26 bits per heavy atom. The SMILES string of the molecule is C[C@@H](OC(=O)c1cc2c(s1)CCC2)C(=O)NCc1ccccc1. The van der Waals surface area contributed by atoms with Crippen LogP contribution in [0.2, 0.25) is 0 Å². The highest BCUT2D eigenvalue weighted by molar-refractivity contribution is 7.14. The van der Waals surface area contributed by atoms with Gasteiger partial charge in [-0.15, -0.1) is 11.3 Å². The van der Waals surface area contributed by atoms with Crippen LogP contribution in [0.5, 0.6) is 0 Å². The second-order valence-electron chi connectivity index (χ2n) is 5.66. The number of amides is 1. The zero-order valence-electron chi connectivity index (χ0n) is 13.0. The molecule has 4 nitrogen and oxygen atoms in total. The van der Waals surface area contributed by atoms with E-state index in [1.54, 1.807) is 6.92 Å². The summed E-state index contributed by atoms with van der Waals surface area (Å²) in [6, 6.07) is 11.5. The molecule has 1 aromatic heterocycles. The van der Waals surface area contributed by atoms with Crippen LogP contribution in [-0.2, 0) is 28.9 Å². The number of esters is 1. The van der Waals surface area contributed by atoms with Gasteiger partial charge in [-0.2, -0.15) is 0 Å². The average Bonchev–Trinajstić information content (AvgIpc) is 3.15. The van der Waals surface area contributed by atoms with Gasteiger partial charge in [-0.3, -0.25) is 4.79 Å². The van der Waals surface area contributed by atoms with Crippen LogP contribution < -0.4 is 5.32 Å². The maximum absolute atomic E-state index is 12.1. The molecular formula is C18H19NO3S. The van der Waals surface area contributed by atoms with Gasteiger partial charge in [0, 0.05) is 11.4 Å². The Balaban J connectivity index is 1.52. The van der Waals surface area contributed by atoms with E-state index in [-0.39, 0.29) is 5.91 Å². The molecule has 0 saturated carbocycles. The van der Waals surface area contributed by atoms with Crippen LogP contribution in [0.1, 0.15) is 39.0 Å². The van der Waals surface area contributed by atoms with Crippen molar-refractivity contribution in [2.24, 2.45) is 0 Å². The Morgan fingerprint density at radius 3 is 2.78 bits per heavy atom. The number of benzene rings is 1. The van der Waals surface area contributed by atoms with Gasteiger partial charge < -0.3 is 10.1 Å². The average molecular weight is 329 g/mol. The van der Waals surface area contributed by atoms with Crippen LogP contribution in [-0.4, -0.2) is 18.0 Å². The van der Waals surface area contributed by atoms with Crippen molar-refractivity contribution < 1.29 is 14.3 Å². The van der Waals surface area contributed by atoms with Crippen molar-refractivity contribution in [3.05, 3.63) is 57.3 Å². The predicted molar refractivity (Wildman–Crippen MR) is 89.5 cm³/mol. The molecular weight excluding hydrogens is 310 g/mol. The number of carbonyl (C=O) groups excluding carboxylic acids is 2. The van der Waals surface area contributed by atoms with Gasteiger partial charge in [-0.25, -0.2) is 4.79 Å². The Labute approximate surface area is 139 Å². The highest BCUT2D eigenvalue weighted by atomic mass is 32.1. The van der Waals surface area contributed by atoms with E-state index in [0.717, 1.165) is 24.8 Å². The molecule has 120 valence electrons. The van der Waals surface area contributed by atoms with Crippen molar-refractivity contribution in [3.63, 3.8) is 0 Å². The summed E-state index contributed by atoms with van der Waals surface area (Å²) in [5.74, 6) is -0.696. The number of rotatable bonds is 5. The minimum atomic E-state index is -0.803. The van der Waals surface area contributed by atoms with Gasteiger partial charge in [0.1, 0.15) is 4.88 Å².